The number of halogens is 4. The molecule has 2 aromatic heterocycles. The second-order valence-electron chi connectivity index (χ2n) is 9.95. The van der Waals surface area contributed by atoms with Crippen LogP contribution in [0.15, 0.2) is 70.4 Å². The molecule has 11 heteroatoms. The van der Waals surface area contributed by atoms with Gasteiger partial charge in [0.15, 0.2) is 9.84 Å². The fourth-order valence-corrected chi connectivity index (χ4v) is 6.44. The van der Waals surface area contributed by atoms with Gasteiger partial charge in [-0.2, -0.15) is 5.26 Å². The molecular formula is C30H26F4N2O3S2. The van der Waals surface area contributed by atoms with Crippen molar-refractivity contribution in [2.45, 2.75) is 44.6 Å². The van der Waals surface area contributed by atoms with Crippen molar-refractivity contribution in [3.8, 4) is 27.1 Å². The first-order valence-corrected chi connectivity index (χ1v) is 15.2. The summed E-state index contributed by atoms with van der Waals surface area (Å²) in [6.45, 7) is 4.28. The van der Waals surface area contributed by atoms with E-state index >= 15 is 8.78 Å². The van der Waals surface area contributed by atoms with Crippen LogP contribution in [0, 0.1) is 28.9 Å². The molecule has 0 bridgehead atoms. The Bertz CT molecular complexity index is 1820. The van der Waals surface area contributed by atoms with Crippen molar-refractivity contribution in [2.24, 2.45) is 5.92 Å². The molecule has 0 unspecified atom stereocenters. The maximum atomic E-state index is 15.4. The van der Waals surface area contributed by atoms with E-state index in [1.54, 1.807) is 44.2 Å². The second kappa shape index (κ2) is 11.6. The number of hydrogen-bond donors (Lipinski definition) is 0. The Balaban J connectivity index is 1.94. The lowest BCUT2D eigenvalue weighted by Crippen LogP contribution is -2.30. The maximum absolute atomic E-state index is 15.4. The molecule has 0 N–H and O–H groups in total. The van der Waals surface area contributed by atoms with Crippen molar-refractivity contribution in [3.05, 3.63) is 99.3 Å². The van der Waals surface area contributed by atoms with Gasteiger partial charge in [-0.1, -0.05) is 39.0 Å². The summed E-state index contributed by atoms with van der Waals surface area (Å²) in [6.07, 6.45) is -0.606. The quantitative estimate of drug-likeness (QED) is 0.187. The molecule has 0 spiro atoms. The minimum absolute atomic E-state index is 0.0183. The molecule has 0 aliphatic heterocycles. The minimum atomic E-state index is -3.50. The highest BCUT2D eigenvalue weighted by Gasteiger charge is 2.37. The Morgan fingerprint density at radius 3 is 2.37 bits per heavy atom. The van der Waals surface area contributed by atoms with E-state index < -0.39 is 63.0 Å². The van der Waals surface area contributed by atoms with E-state index in [9.17, 15) is 27.3 Å². The molecule has 0 saturated carbocycles. The Kier molecular flexibility index (Phi) is 8.57. The topological polar surface area (TPSA) is 79.9 Å². The van der Waals surface area contributed by atoms with Crippen molar-refractivity contribution < 1.29 is 26.0 Å². The van der Waals surface area contributed by atoms with E-state index in [0.29, 0.717) is 21.4 Å². The zero-order valence-corrected chi connectivity index (χ0v) is 24.1. The third kappa shape index (κ3) is 6.29. The van der Waals surface area contributed by atoms with Crippen LogP contribution in [0.5, 0.6) is 0 Å². The first kappa shape index (κ1) is 30.2. The van der Waals surface area contributed by atoms with Gasteiger partial charge < -0.3 is 4.57 Å². The van der Waals surface area contributed by atoms with Crippen molar-refractivity contribution >= 4 is 21.2 Å². The van der Waals surface area contributed by atoms with Crippen LogP contribution in [0.25, 0.3) is 21.0 Å². The molecule has 4 rings (SSSR count). The average Bonchev–Trinajstić information content (AvgIpc) is 3.40. The van der Waals surface area contributed by atoms with Crippen molar-refractivity contribution in [3.63, 3.8) is 0 Å². The molecule has 214 valence electrons. The van der Waals surface area contributed by atoms with Crippen molar-refractivity contribution in [1.29, 1.82) is 5.26 Å². The fraction of sp³-hybridized carbons (Fsp3) is 0.267. The largest absolute Gasteiger partial charge is 0.302 e. The van der Waals surface area contributed by atoms with Crippen LogP contribution >= 0.6 is 11.3 Å². The minimum Gasteiger partial charge on any atom is -0.302 e. The van der Waals surface area contributed by atoms with E-state index in [1.807, 2.05) is 0 Å². The number of rotatable bonds is 9. The standard InChI is InChI=1S/C30H26F4N2O3S2/c1-4-41(38,39)22-7-5-6-19(12-22)27-10-11-28(40-27)26-14-24(30(33,34)15-18(2)3)23(16-35)29(37)36(26)17-20-8-9-21(31)13-25(20)32/h5-14,18H,4,15,17H2,1-3H3. The molecule has 41 heavy (non-hydrogen) atoms. The highest BCUT2D eigenvalue weighted by atomic mass is 32.2. The summed E-state index contributed by atoms with van der Waals surface area (Å²) in [5, 5.41) is 9.74. The highest BCUT2D eigenvalue weighted by Crippen LogP contribution is 2.40. The number of hydrogen-bond acceptors (Lipinski definition) is 5. The van der Waals surface area contributed by atoms with Gasteiger partial charge in [-0.15, -0.1) is 11.3 Å². The molecule has 2 aromatic carbocycles. The molecule has 0 aliphatic carbocycles. The van der Waals surface area contributed by atoms with E-state index in [-0.39, 0.29) is 21.9 Å². The number of sulfone groups is 1. The highest BCUT2D eigenvalue weighted by molar-refractivity contribution is 7.91. The Morgan fingerprint density at radius 2 is 1.73 bits per heavy atom. The normalized spacial score (nSPS) is 12.1. The Hall–Kier alpha value is -3.75. The second-order valence-corrected chi connectivity index (χ2v) is 13.3. The third-order valence-corrected chi connectivity index (χ3v) is 9.42. The smallest absolute Gasteiger partial charge is 0.275 e. The summed E-state index contributed by atoms with van der Waals surface area (Å²) in [5.74, 6) is -5.80. The van der Waals surface area contributed by atoms with Crippen LogP contribution in [0.1, 0.15) is 43.9 Å². The maximum Gasteiger partial charge on any atom is 0.275 e. The number of nitriles is 1. The van der Waals surface area contributed by atoms with Gasteiger partial charge in [0.2, 0.25) is 0 Å². The van der Waals surface area contributed by atoms with Gasteiger partial charge in [0.25, 0.3) is 11.5 Å². The van der Waals surface area contributed by atoms with Crippen LogP contribution in [-0.2, 0) is 22.3 Å². The molecule has 0 amide bonds. The third-order valence-electron chi connectivity index (χ3n) is 6.53. The van der Waals surface area contributed by atoms with Gasteiger partial charge in [0, 0.05) is 28.5 Å². The molecule has 2 heterocycles. The first-order valence-electron chi connectivity index (χ1n) is 12.7. The number of benzene rings is 2. The van der Waals surface area contributed by atoms with Gasteiger partial charge in [0.05, 0.1) is 27.8 Å². The monoisotopic (exact) mass is 602 g/mol. The van der Waals surface area contributed by atoms with Crippen LogP contribution in [0.2, 0.25) is 0 Å². The van der Waals surface area contributed by atoms with Gasteiger partial charge in [-0.3, -0.25) is 4.79 Å². The predicted octanol–water partition coefficient (Wildman–Crippen LogP) is 7.37. The summed E-state index contributed by atoms with van der Waals surface area (Å²) >= 11 is 1.12. The fourth-order valence-electron chi connectivity index (χ4n) is 4.49. The molecule has 0 saturated heterocycles. The molecule has 0 aliphatic rings. The van der Waals surface area contributed by atoms with Gasteiger partial charge in [-0.25, -0.2) is 26.0 Å². The zero-order valence-electron chi connectivity index (χ0n) is 22.4. The average molecular weight is 603 g/mol. The van der Waals surface area contributed by atoms with Crippen LogP contribution in [0.3, 0.4) is 0 Å². The van der Waals surface area contributed by atoms with Crippen LogP contribution in [0.4, 0.5) is 17.6 Å². The molecular weight excluding hydrogens is 576 g/mol. The summed E-state index contributed by atoms with van der Waals surface area (Å²) in [4.78, 5) is 14.6. The lowest BCUT2D eigenvalue weighted by molar-refractivity contribution is -0.0253. The Morgan fingerprint density at radius 1 is 1.02 bits per heavy atom. The number of thiophene rings is 1. The van der Waals surface area contributed by atoms with E-state index in [0.717, 1.165) is 34.1 Å². The van der Waals surface area contributed by atoms with Crippen LogP contribution in [-0.4, -0.2) is 18.7 Å². The SMILES string of the molecule is CCS(=O)(=O)c1cccc(-c2ccc(-c3cc(C(F)(F)CC(C)C)c(C#N)c(=O)n3Cc3ccc(F)cc3F)s2)c1. The van der Waals surface area contributed by atoms with Gasteiger partial charge in [0.1, 0.15) is 23.3 Å². The predicted molar refractivity (Wildman–Crippen MR) is 151 cm³/mol. The lowest BCUT2D eigenvalue weighted by atomic mass is 9.95. The summed E-state index contributed by atoms with van der Waals surface area (Å²) in [7, 11) is -3.48. The molecule has 0 radical (unpaired) electrons. The summed E-state index contributed by atoms with van der Waals surface area (Å²) in [6, 6.07) is 15.0. The van der Waals surface area contributed by atoms with Crippen molar-refractivity contribution in [1.82, 2.24) is 4.57 Å². The Labute approximate surface area is 239 Å². The van der Waals surface area contributed by atoms with E-state index in [1.165, 1.54) is 19.1 Å². The zero-order chi connectivity index (χ0) is 30.1. The van der Waals surface area contributed by atoms with E-state index in [2.05, 4.69) is 0 Å². The first-order chi connectivity index (χ1) is 19.3. The number of aromatic nitrogens is 1. The molecule has 4 aromatic rings. The number of nitrogens with zero attached hydrogens (tertiary/aromatic N) is 2. The molecule has 0 atom stereocenters. The van der Waals surface area contributed by atoms with Crippen LogP contribution < -0.4 is 5.56 Å². The summed E-state index contributed by atoms with van der Waals surface area (Å²) < 4.78 is 84.8. The van der Waals surface area contributed by atoms with E-state index in [4.69, 9.17) is 0 Å². The number of pyridine rings is 1. The molecule has 0 fully saturated rings. The molecule has 5 nitrogen and oxygen atoms in total. The van der Waals surface area contributed by atoms with Crippen molar-refractivity contribution in [2.75, 3.05) is 5.75 Å². The van der Waals surface area contributed by atoms with Gasteiger partial charge in [-0.05, 0) is 47.9 Å². The number of alkyl halides is 2. The van der Waals surface area contributed by atoms with Gasteiger partial charge >= 0.3 is 0 Å². The summed E-state index contributed by atoms with van der Waals surface area (Å²) in [5.41, 5.74) is -2.00. The lowest BCUT2D eigenvalue weighted by Gasteiger charge is -2.22.